The molecule has 0 aromatic heterocycles. The molecular formula is C6BF8Na. The maximum absolute atomic E-state index is 12.5. The van der Waals surface area contributed by atoms with Gasteiger partial charge in [0.2, 0.25) is 0 Å². The Labute approximate surface area is 106 Å². The molecule has 0 fully saturated rings. The summed E-state index contributed by atoms with van der Waals surface area (Å²) >= 11 is 0. The Hall–Kier alpha value is -0.275. The maximum Gasteiger partial charge on any atom is 1.00 e. The number of hydrogen-bond donors (Lipinski definition) is 0. The van der Waals surface area contributed by atoms with Crippen LogP contribution in [0.15, 0.2) is 0 Å². The SMILES string of the molecule is Fc1c(F)c(F)c([B-](F)(F)F)c(F)c1F.[Na+]. The molecule has 0 saturated heterocycles. The summed E-state index contributed by atoms with van der Waals surface area (Å²) < 4.78 is 97.6. The van der Waals surface area contributed by atoms with Crippen molar-refractivity contribution >= 4 is 12.4 Å². The average Bonchev–Trinajstić information content (AvgIpc) is 2.09. The largest absolute Gasteiger partial charge is 1.00 e. The summed E-state index contributed by atoms with van der Waals surface area (Å²) in [4.78, 5) is 0. The van der Waals surface area contributed by atoms with Gasteiger partial charge in [-0.2, -0.15) is 0 Å². The predicted molar refractivity (Wildman–Crippen MR) is 34.9 cm³/mol. The molecule has 0 atom stereocenters. The molecule has 1 rings (SSSR count). The van der Waals surface area contributed by atoms with Crippen LogP contribution in [0, 0.1) is 29.1 Å². The van der Waals surface area contributed by atoms with Gasteiger partial charge >= 0.3 is 36.5 Å². The van der Waals surface area contributed by atoms with Gasteiger partial charge in [-0.05, 0) is 5.46 Å². The summed E-state index contributed by atoms with van der Waals surface area (Å²) in [6, 6.07) is 0. The second-order valence-electron chi connectivity index (χ2n) is 2.56. The van der Waals surface area contributed by atoms with Gasteiger partial charge in [-0.25, -0.2) is 22.0 Å². The van der Waals surface area contributed by atoms with Gasteiger partial charge in [0.25, 0.3) is 0 Å². The first kappa shape index (κ1) is 15.7. The fourth-order valence-corrected chi connectivity index (χ4v) is 0.909. The van der Waals surface area contributed by atoms with Crippen LogP contribution in [0.2, 0.25) is 0 Å². The Morgan fingerprint density at radius 2 is 0.812 bits per heavy atom. The Balaban J connectivity index is 0.00000225. The number of rotatable bonds is 1. The molecular weight excluding hydrogens is 258 g/mol. The molecule has 0 spiro atoms. The molecule has 10 heteroatoms. The van der Waals surface area contributed by atoms with E-state index in [-0.39, 0.29) is 29.6 Å². The third kappa shape index (κ3) is 2.52. The van der Waals surface area contributed by atoms with Crippen molar-refractivity contribution in [2.45, 2.75) is 0 Å². The zero-order valence-electron chi connectivity index (χ0n) is 7.60. The molecule has 0 N–H and O–H groups in total. The van der Waals surface area contributed by atoms with Gasteiger partial charge in [-0.1, -0.05) is 0 Å². The number of hydrogen-bond acceptors (Lipinski definition) is 0. The van der Waals surface area contributed by atoms with Gasteiger partial charge in [0.15, 0.2) is 17.5 Å². The van der Waals surface area contributed by atoms with Crippen molar-refractivity contribution in [1.29, 1.82) is 0 Å². The molecule has 0 aliphatic rings. The summed E-state index contributed by atoms with van der Waals surface area (Å²) in [5, 5.41) is 0. The van der Waals surface area contributed by atoms with E-state index in [9.17, 15) is 34.9 Å². The third-order valence-electron chi connectivity index (χ3n) is 1.57. The first-order valence-corrected chi connectivity index (χ1v) is 3.39. The maximum atomic E-state index is 12.5. The van der Waals surface area contributed by atoms with Crippen LogP contribution in [0.5, 0.6) is 0 Å². The smallest absolute Gasteiger partial charge is 0.445 e. The summed E-state index contributed by atoms with van der Waals surface area (Å²) in [7, 11) is 0. The van der Waals surface area contributed by atoms with E-state index in [1.807, 2.05) is 0 Å². The summed E-state index contributed by atoms with van der Waals surface area (Å²) in [6.45, 7) is -6.30. The standard InChI is InChI=1S/C6BF8.Na/c8-2-1(7(13,14)15)3(9)5(11)6(12)4(2)10;/q-1;+1. The van der Waals surface area contributed by atoms with Crippen LogP contribution in [0.25, 0.3) is 0 Å². The van der Waals surface area contributed by atoms with E-state index in [1.165, 1.54) is 0 Å². The molecule has 0 aliphatic carbocycles. The Kier molecular flexibility index (Phi) is 4.84. The van der Waals surface area contributed by atoms with E-state index in [1.54, 1.807) is 0 Å². The minimum Gasteiger partial charge on any atom is -0.445 e. The predicted octanol–water partition coefficient (Wildman–Crippen LogP) is -0.559. The van der Waals surface area contributed by atoms with Crippen LogP contribution in [-0.2, 0) is 0 Å². The Morgan fingerprint density at radius 3 is 1.06 bits per heavy atom. The van der Waals surface area contributed by atoms with Crippen LogP contribution in [0.4, 0.5) is 34.9 Å². The van der Waals surface area contributed by atoms with Crippen LogP contribution < -0.4 is 35.0 Å². The quantitative estimate of drug-likeness (QED) is 0.274. The molecule has 0 heterocycles. The van der Waals surface area contributed by atoms with Gasteiger partial charge in [-0.15, -0.1) is 0 Å². The summed E-state index contributed by atoms with van der Waals surface area (Å²) in [5.74, 6) is -13.6. The summed E-state index contributed by atoms with van der Waals surface area (Å²) in [6.07, 6.45) is 0. The molecule has 0 bridgehead atoms. The molecule has 0 saturated carbocycles. The number of halogens is 8. The topological polar surface area (TPSA) is 0 Å². The minimum absolute atomic E-state index is 0. The van der Waals surface area contributed by atoms with Gasteiger partial charge in [0.1, 0.15) is 11.6 Å². The third-order valence-corrected chi connectivity index (χ3v) is 1.57. The van der Waals surface area contributed by atoms with Crippen molar-refractivity contribution in [3.63, 3.8) is 0 Å². The van der Waals surface area contributed by atoms with Gasteiger partial charge in [0, 0.05) is 0 Å². The normalized spacial score (nSPS) is 11.2. The van der Waals surface area contributed by atoms with Crippen molar-refractivity contribution in [2.75, 3.05) is 0 Å². The fraction of sp³-hybridized carbons (Fsp3) is 0. The molecule has 0 aliphatic heterocycles. The molecule has 1 aromatic carbocycles. The molecule has 16 heavy (non-hydrogen) atoms. The molecule has 0 radical (unpaired) electrons. The van der Waals surface area contributed by atoms with E-state index in [2.05, 4.69) is 0 Å². The first-order chi connectivity index (χ1) is 6.68. The van der Waals surface area contributed by atoms with Crippen molar-refractivity contribution in [3.05, 3.63) is 29.1 Å². The zero-order chi connectivity index (χ0) is 12.0. The van der Waals surface area contributed by atoms with Crippen LogP contribution in [-0.4, -0.2) is 6.98 Å². The van der Waals surface area contributed by atoms with Crippen molar-refractivity contribution in [2.24, 2.45) is 0 Å². The Morgan fingerprint density at radius 1 is 0.562 bits per heavy atom. The van der Waals surface area contributed by atoms with Gasteiger partial charge in [-0.3, -0.25) is 0 Å². The van der Waals surface area contributed by atoms with Crippen LogP contribution in [0.3, 0.4) is 0 Å². The molecule has 84 valence electrons. The number of benzene rings is 1. The molecule has 0 unspecified atom stereocenters. The molecule has 0 nitrogen and oxygen atoms in total. The van der Waals surface area contributed by atoms with E-state index in [0.717, 1.165) is 0 Å². The van der Waals surface area contributed by atoms with Crippen molar-refractivity contribution < 1.29 is 64.5 Å². The second kappa shape index (κ2) is 4.93. The zero-order valence-corrected chi connectivity index (χ0v) is 9.60. The minimum atomic E-state index is -6.30. The first-order valence-electron chi connectivity index (χ1n) is 3.39. The van der Waals surface area contributed by atoms with E-state index < -0.39 is 41.5 Å². The average molecular weight is 258 g/mol. The van der Waals surface area contributed by atoms with Crippen molar-refractivity contribution in [3.8, 4) is 0 Å². The molecule has 1 aromatic rings. The van der Waals surface area contributed by atoms with E-state index >= 15 is 0 Å². The Bertz CT molecular complexity index is 385. The molecule has 0 amide bonds. The summed E-state index contributed by atoms with van der Waals surface area (Å²) in [5.41, 5.74) is -2.73. The van der Waals surface area contributed by atoms with Gasteiger partial charge < -0.3 is 12.9 Å². The monoisotopic (exact) mass is 258 g/mol. The van der Waals surface area contributed by atoms with Gasteiger partial charge in [0.05, 0.1) is 0 Å². The van der Waals surface area contributed by atoms with E-state index in [0.29, 0.717) is 0 Å². The van der Waals surface area contributed by atoms with E-state index in [4.69, 9.17) is 0 Å². The fourth-order valence-electron chi connectivity index (χ4n) is 0.909. The van der Waals surface area contributed by atoms with Crippen LogP contribution in [0.1, 0.15) is 0 Å². The van der Waals surface area contributed by atoms with Crippen LogP contribution >= 0.6 is 0 Å². The van der Waals surface area contributed by atoms with Crippen molar-refractivity contribution in [1.82, 2.24) is 0 Å². The second-order valence-corrected chi connectivity index (χ2v) is 2.56.